The summed E-state index contributed by atoms with van der Waals surface area (Å²) in [5, 5.41) is 4.07. The fraction of sp³-hybridized carbons (Fsp3) is 0.100. The molecule has 4 rings (SSSR count). The van der Waals surface area contributed by atoms with Crippen molar-refractivity contribution in [3.63, 3.8) is 0 Å². The molecule has 0 aliphatic heterocycles. The third kappa shape index (κ3) is 3.60. The first kappa shape index (κ1) is 18.1. The minimum absolute atomic E-state index is 0.0751. The van der Waals surface area contributed by atoms with Gasteiger partial charge in [-0.25, -0.2) is 18.1 Å². The summed E-state index contributed by atoms with van der Waals surface area (Å²) in [6.45, 7) is 1.83. The standard InChI is InChI=1S/C20H17N3O4S/c1-14-18(20(23-27-14)16-5-3-2-4-6-16)11-22-28(24,25)17-9-7-15(8-10-17)19-12-21-13-26-19/h2-10,12-13,22H,11H2,1H3. The van der Waals surface area contributed by atoms with Crippen LogP contribution in [0.1, 0.15) is 11.3 Å². The largest absolute Gasteiger partial charge is 0.444 e. The van der Waals surface area contributed by atoms with Crippen LogP contribution in [-0.4, -0.2) is 18.6 Å². The van der Waals surface area contributed by atoms with Crippen molar-refractivity contribution in [2.24, 2.45) is 0 Å². The molecule has 0 saturated carbocycles. The fourth-order valence-electron chi connectivity index (χ4n) is 2.83. The van der Waals surface area contributed by atoms with Gasteiger partial charge in [0.05, 0.1) is 11.1 Å². The van der Waals surface area contributed by atoms with Crippen LogP contribution in [0.25, 0.3) is 22.6 Å². The molecule has 8 heteroatoms. The Morgan fingerprint density at radius 2 is 1.75 bits per heavy atom. The summed E-state index contributed by atoms with van der Waals surface area (Å²) in [4.78, 5) is 4.02. The van der Waals surface area contributed by atoms with Gasteiger partial charge < -0.3 is 8.94 Å². The van der Waals surface area contributed by atoms with E-state index in [0.29, 0.717) is 22.8 Å². The topological polar surface area (TPSA) is 98.2 Å². The van der Waals surface area contributed by atoms with Crippen molar-refractivity contribution in [1.82, 2.24) is 14.9 Å². The smallest absolute Gasteiger partial charge is 0.240 e. The molecule has 0 atom stereocenters. The second kappa shape index (κ2) is 7.41. The molecule has 0 spiro atoms. The zero-order valence-corrected chi connectivity index (χ0v) is 15.8. The van der Waals surface area contributed by atoms with Crippen molar-refractivity contribution in [3.8, 4) is 22.6 Å². The lowest BCUT2D eigenvalue weighted by Gasteiger charge is -2.08. The lowest BCUT2D eigenvalue weighted by atomic mass is 10.1. The third-order valence-electron chi connectivity index (χ3n) is 4.35. The van der Waals surface area contributed by atoms with Crippen LogP contribution >= 0.6 is 0 Å². The molecule has 0 aliphatic rings. The number of benzene rings is 2. The number of nitrogens with one attached hydrogen (secondary N) is 1. The molecule has 2 aromatic carbocycles. The molecular formula is C20H17N3O4S. The fourth-order valence-corrected chi connectivity index (χ4v) is 3.82. The quantitative estimate of drug-likeness (QED) is 0.533. The number of nitrogens with zero attached hydrogens (tertiary/aromatic N) is 2. The molecule has 4 aromatic rings. The highest BCUT2D eigenvalue weighted by Crippen LogP contribution is 2.26. The maximum atomic E-state index is 12.7. The van der Waals surface area contributed by atoms with Gasteiger partial charge >= 0.3 is 0 Å². The van der Waals surface area contributed by atoms with Gasteiger partial charge in [-0.3, -0.25) is 0 Å². The maximum Gasteiger partial charge on any atom is 0.240 e. The number of aryl methyl sites for hydroxylation is 1. The summed E-state index contributed by atoms with van der Waals surface area (Å²) >= 11 is 0. The first-order chi connectivity index (χ1) is 13.5. The summed E-state index contributed by atoms with van der Waals surface area (Å²) in [5.74, 6) is 1.15. The van der Waals surface area contributed by atoms with Gasteiger partial charge in [0.1, 0.15) is 11.5 Å². The minimum Gasteiger partial charge on any atom is -0.444 e. The van der Waals surface area contributed by atoms with Gasteiger partial charge in [-0.2, -0.15) is 0 Å². The molecule has 1 N–H and O–H groups in total. The molecule has 0 radical (unpaired) electrons. The Labute approximate surface area is 162 Å². The number of sulfonamides is 1. The van der Waals surface area contributed by atoms with Gasteiger partial charge in [-0.05, 0) is 31.2 Å². The van der Waals surface area contributed by atoms with Crippen LogP contribution in [0.5, 0.6) is 0 Å². The number of hydrogen-bond donors (Lipinski definition) is 1. The third-order valence-corrected chi connectivity index (χ3v) is 5.77. The van der Waals surface area contributed by atoms with Crippen LogP contribution in [0.2, 0.25) is 0 Å². The summed E-state index contributed by atoms with van der Waals surface area (Å²) in [5.41, 5.74) is 2.94. The normalized spacial score (nSPS) is 11.6. The van der Waals surface area contributed by atoms with Crippen LogP contribution in [0.3, 0.4) is 0 Å². The van der Waals surface area contributed by atoms with E-state index in [0.717, 1.165) is 11.1 Å². The maximum absolute atomic E-state index is 12.7. The summed E-state index contributed by atoms with van der Waals surface area (Å²) in [6, 6.07) is 15.9. The van der Waals surface area contributed by atoms with Crippen LogP contribution < -0.4 is 4.72 Å². The highest BCUT2D eigenvalue weighted by molar-refractivity contribution is 7.89. The Morgan fingerprint density at radius 3 is 2.43 bits per heavy atom. The first-order valence-electron chi connectivity index (χ1n) is 8.54. The number of hydrogen-bond acceptors (Lipinski definition) is 6. The molecule has 2 heterocycles. The highest BCUT2D eigenvalue weighted by Gasteiger charge is 2.19. The van der Waals surface area contributed by atoms with Gasteiger partial charge in [0.2, 0.25) is 10.0 Å². The number of rotatable bonds is 6. The van der Waals surface area contributed by atoms with E-state index in [2.05, 4.69) is 14.9 Å². The van der Waals surface area contributed by atoms with Crippen LogP contribution in [0, 0.1) is 6.92 Å². The van der Waals surface area contributed by atoms with E-state index in [4.69, 9.17) is 8.94 Å². The molecule has 0 saturated heterocycles. The lowest BCUT2D eigenvalue weighted by molar-refractivity contribution is 0.398. The number of aromatic nitrogens is 2. The average Bonchev–Trinajstić information content (AvgIpc) is 3.37. The van der Waals surface area contributed by atoms with E-state index in [1.54, 1.807) is 25.3 Å². The summed E-state index contributed by atoms with van der Waals surface area (Å²) in [6.07, 6.45) is 2.90. The van der Waals surface area contributed by atoms with E-state index < -0.39 is 10.0 Å². The molecule has 0 unspecified atom stereocenters. The predicted octanol–water partition coefficient (Wildman–Crippen LogP) is 3.78. The van der Waals surface area contributed by atoms with Gasteiger partial charge in [0.25, 0.3) is 0 Å². The van der Waals surface area contributed by atoms with Gasteiger partial charge in [-0.1, -0.05) is 35.5 Å². The molecule has 2 aromatic heterocycles. The van der Waals surface area contributed by atoms with Crippen molar-refractivity contribution in [2.75, 3.05) is 0 Å². The van der Waals surface area contributed by atoms with Crippen molar-refractivity contribution in [3.05, 3.63) is 78.5 Å². The Morgan fingerprint density at radius 1 is 1.00 bits per heavy atom. The predicted molar refractivity (Wildman–Crippen MR) is 103 cm³/mol. The van der Waals surface area contributed by atoms with Crippen molar-refractivity contribution in [2.45, 2.75) is 18.4 Å². The molecule has 0 amide bonds. The van der Waals surface area contributed by atoms with Crippen molar-refractivity contribution < 1.29 is 17.4 Å². The van der Waals surface area contributed by atoms with Gasteiger partial charge in [0.15, 0.2) is 12.2 Å². The van der Waals surface area contributed by atoms with Gasteiger partial charge in [-0.15, -0.1) is 0 Å². The molecule has 28 heavy (non-hydrogen) atoms. The van der Waals surface area contributed by atoms with E-state index in [9.17, 15) is 8.42 Å². The zero-order valence-electron chi connectivity index (χ0n) is 15.0. The molecule has 0 aliphatic carbocycles. The Bertz CT molecular complexity index is 1170. The molecule has 0 bridgehead atoms. The SMILES string of the molecule is Cc1onc(-c2ccccc2)c1CNS(=O)(=O)c1ccc(-c2cnco2)cc1. The molecule has 142 valence electrons. The molecular weight excluding hydrogens is 378 g/mol. The lowest BCUT2D eigenvalue weighted by Crippen LogP contribution is -2.23. The van der Waals surface area contributed by atoms with E-state index in [1.807, 2.05) is 30.3 Å². The van der Waals surface area contributed by atoms with Gasteiger partial charge in [0, 0.05) is 23.2 Å². The Balaban J connectivity index is 1.54. The highest BCUT2D eigenvalue weighted by atomic mass is 32.2. The Hall–Kier alpha value is -3.23. The number of oxazole rings is 1. The van der Waals surface area contributed by atoms with Crippen LogP contribution in [0.15, 0.2) is 81.0 Å². The second-order valence-corrected chi connectivity index (χ2v) is 7.91. The minimum atomic E-state index is -3.70. The molecule has 7 nitrogen and oxygen atoms in total. The van der Waals surface area contributed by atoms with Crippen LogP contribution in [0.4, 0.5) is 0 Å². The van der Waals surface area contributed by atoms with E-state index >= 15 is 0 Å². The summed E-state index contributed by atoms with van der Waals surface area (Å²) < 4.78 is 38.5. The van der Waals surface area contributed by atoms with E-state index in [1.165, 1.54) is 18.5 Å². The first-order valence-corrected chi connectivity index (χ1v) is 10.0. The van der Waals surface area contributed by atoms with Crippen LogP contribution in [-0.2, 0) is 16.6 Å². The van der Waals surface area contributed by atoms with Crippen molar-refractivity contribution in [1.29, 1.82) is 0 Å². The average molecular weight is 395 g/mol. The van der Waals surface area contributed by atoms with Crippen molar-refractivity contribution >= 4 is 10.0 Å². The molecule has 0 fully saturated rings. The van der Waals surface area contributed by atoms with E-state index in [-0.39, 0.29) is 11.4 Å². The summed E-state index contributed by atoms with van der Waals surface area (Å²) in [7, 11) is -3.70. The zero-order chi connectivity index (χ0) is 19.6. The second-order valence-electron chi connectivity index (χ2n) is 6.15. The Kier molecular flexibility index (Phi) is 4.81. The monoisotopic (exact) mass is 395 g/mol.